The first-order valence-electron chi connectivity index (χ1n) is 6.89. The van der Waals surface area contributed by atoms with Crippen LogP contribution in [0.4, 0.5) is 5.82 Å². The minimum Gasteiger partial charge on any atom is -0.355 e. The van der Waals surface area contributed by atoms with Crippen LogP contribution in [0.2, 0.25) is 0 Å². The van der Waals surface area contributed by atoms with Crippen molar-refractivity contribution in [3.63, 3.8) is 0 Å². The SMILES string of the molecule is CCNCc1cccnc1N1CCCN(C)CC1. The fraction of sp³-hybridized carbons (Fsp3) is 0.643. The van der Waals surface area contributed by atoms with Crippen molar-refractivity contribution >= 4 is 5.82 Å². The molecular weight excluding hydrogens is 224 g/mol. The molecule has 1 aliphatic rings. The van der Waals surface area contributed by atoms with Gasteiger partial charge in [0, 0.05) is 37.9 Å². The second-order valence-electron chi connectivity index (χ2n) is 4.91. The molecule has 1 aliphatic heterocycles. The van der Waals surface area contributed by atoms with Crippen molar-refractivity contribution in [2.24, 2.45) is 0 Å². The van der Waals surface area contributed by atoms with Crippen LogP contribution in [0.25, 0.3) is 0 Å². The first-order valence-corrected chi connectivity index (χ1v) is 6.89. The van der Waals surface area contributed by atoms with E-state index in [4.69, 9.17) is 0 Å². The summed E-state index contributed by atoms with van der Waals surface area (Å²) in [7, 11) is 2.20. The molecule has 4 heteroatoms. The van der Waals surface area contributed by atoms with E-state index >= 15 is 0 Å². The molecule has 1 fully saturated rings. The highest BCUT2D eigenvalue weighted by Gasteiger charge is 2.15. The van der Waals surface area contributed by atoms with E-state index in [1.165, 1.54) is 18.5 Å². The molecule has 0 aromatic carbocycles. The topological polar surface area (TPSA) is 31.4 Å². The molecule has 0 spiro atoms. The zero-order valence-electron chi connectivity index (χ0n) is 11.5. The summed E-state index contributed by atoms with van der Waals surface area (Å²) in [6, 6.07) is 4.21. The second-order valence-corrected chi connectivity index (χ2v) is 4.91. The zero-order chi connectivity index (χ0) is 12.8. The van der Waals surface area contributed by atoms with E-state index in [1.807, 2.05) is 12.3 Å². The second kappa shape index (κ2) is 6.71. The third-order valence-electron chi connectivity index (χ3n) is 3.45. The quantitative estimate of drug-likeness (QED) is 0.871. The number of pyridine rings is 1. The first kappa shape index (κ1) is 13.3. The van der Waals surface area contributed by atoms with Crippen LogP contribution < -0.4 is 10.2 Å². The number of likely N-dealkylation sites (N-methyl/N-ethyl adjacent to an activating group) is 1. The lowest BCUT2D eigenvalue weighted by Gasteiger charge is -2.24. The Hall–Kier alpha value is -1.13. The molecule has 100 valence electrons. The van der Waals surface area contributed by atoms with Gasteiger partial charge >= 0.3 is 0 Å². The van der Waals surface area contributed by atoms with E-state index in [9.17, 15) is 0 Å². The molecular formula is C14H24N4. The maximum Gasteiger partial charge on any atom is 0.133 e. The molecule has 0 saturated carbocycles. The maximum atomic E-state index is 4.59. The molecule has 2 rings (SSSR count). The van der Waals surface area contributed by atoms with Gasteiger partial charge in [-0.05, 0) is 32.6 Å². The van der Waals surface area contributed by atoms with Crippen LogP contribution in [-0.2, 0) is 6.54 Å². The summed E-state index contributed by atoms with van der Waals surface area (Å²) < 4.78 is 0. The van der Waals surface area contributed by atoms with E-state index in [0.29, 0.717) is 0 Å². The average Bonchev–Trinajstić information content (AvgIpc) is 2.61. The predicted molar refractivity (Wildman–Crippen MR) is 75.9 cm³/mol. The van der Waals surface area contributed by atoms with Gasteiger partial charge in [0.1, 0.15) is 5.82 Å². The Morgan fingerprint density at radius 2 is 2.17 bits per heavy atom. The Labute approximate surface area is 110 Å². The van der Waals surface area contributed by atoms with E-state index in [1.54, 1.807) is 0 Å². The Bertz CT molecular complexity index is 367. The molecule has 1 aromatic rings. The number of nitrogens with one attached hydrogen (secondary N) is 1. The summed E-state index contributed by atoms with van der Waals surface area (Å²) in [5, 5.41) is 3.39. The van der Waals surface area contributed by atoms with Gasteiger partial charge in [0.05, 0.1) is 0 Å². The molecule has 0 bridgehead atoms. The number of aromatic nitrogens is 1. The van der Waals surface area contributed by atoms with Gasteiger partial charge in [-0.2, -0.15) is 0 Å². The van der Waals surface area contributed by atoms with Crippen molar-refractivity contribution in [1.82, 2.24) is 15.2 Å². The third-order valence-corrected chi connectivity index (χ3v) is 3.45. The lowest BCUT2D eigenvalue weighted by Crippen LogP contribution is -2.30. The standard InChI is InChI=1S/C14H24N4/c1-3-15-12-13-6-4-7-16-14(13)18-9-5-8-17(2)10-11-18/h4,6-7,15H,3,5,8-12H2,1-2H3. The number of hydrogen-bond donors (Lipinski definition) is 1. The average molecular weight is 248 g/mol. The van der Waals surface area contributed by atoms with Crippen LogP contribution in [0.5, 0.6) is 0 Å². The summed E-state index contributed by atoms with van der Waals surface area (Å²) >= 11 is 0. The van der Waals surface area contributed by atoms with Crippen molar-refractivity contribution in [2.75, 3.05) is 44.7 Å². The summed E-state index contributed by atoms with van der Waals surface area (Å²) in [5.74, 6) is 1.16. The molecule has 1 saturated heterocycles. The minimum absolute atomic E-state index is 0.909. The highest BCUT2D eigenvalue weighted by Crippen LogP contribution is 2.18. The fourth-order valence-electron chi connectivity index (χ4n) is 2.37. The molecule has 0 aliphatic carbocycles. The number of hydrogen-bond acceptors (Lipinski definition) is 4. The summed E-state index contributed by atoms with van der Waals surface area (Å²) in [5.41, 5.74) is 1.31. The fourth-order valence-corrected chi connectivity index (χ4v) is 2.37. The highest BCUT2D eigenvalue weighted by molar-refractivity contribution is 5.46. The predicted octanol–water partition coefficient (Wildman–Crippen LogP) is 1.33. The van der Waals surface area contributed by atoms with E-state index in [-0.39, 0.29) is 0 Å². The van der Waals surface area contributed by atoms with Crippen molar-refractivity contribution in [2.45, 2.75) is 19.9 Å². The normalized spacial score (nSPS) is 17.8. The largest absolute Gasteiger partial charge is 0.355 e. The minimum atomic E-state index is 0.909. The Balaban J connectivity index is 2.10. The van der Waals surface area contributed by atoms with Gasteiger partial charge in [0.2, 0.25) is 0 Å². The Morgan fingerprint density at radius 3 is 3.00 bits per heavy atom. The van der Waals surface area contributed by atoms with Gasteiger partial charge in [0.15, 0.2) is 0 Å². The van der Waals surface area contributed by atoms with Gasteiger partial charge in [-0.3, -0.25) is 0 Å². The number of nitrogens with zero attached hydrogens (tertiary/aromatic N) is 3. The zero-order valence-corrected chi connectivity index (χ0v) is 11.5. The summed E-state index contributed by atoms with van der Waals surface area (Å²) in [4.78, 5) is 9.41. The van der Waals surface area contributed by atoms with Gasteiger partial charge in [0.25, 0.3) is 0 Å². The lowest BCUT2D eigenvalue weighted by molar-refractivity contribution is 0.360. The summed E-state index contributed by atoms with van der Waals surface area (Å²) in [6.45, 7) is 8.54. The van der Waals surface area contributed by atoms with Crippen molar-refractivity contribution in [1.29, 1.82) is 0 Å². The number of anilines is 1. The molecule has 2 heterocycles. The van der Waals surface area contributed by atoms with Crippen LogP contribution in [0.15, 0.2) is 18.3 Å². The van der Waals surface area contributed by atoms with Crippen LogP contribution in [0.3, 0.4) is 0 Å². The molecule has 4 nitrogen and oxygen atoms in total. The van der Waals surface area contributed by atoms with Crippen molar-refractivity contribution in [3.05, 3.63) is 23.9 Å². The van der Waals surface area contributed by atoms with Gasteiger partial charge < -0.3 is 15.1 Å². The van der Waals surface area contributed by atoms with Gasteiger partial charge in [-0.15, -0.1) is 0 Å². The van der Waals surface area contributed by atoms with Crippen molar-refractivity contribution in [3.8, 4) is 0 Å². The smallest absolute Gasteiger partial charge is 0.133 e. The highest BCUT2D eigenvalue weighted by atomic mass is 15.2. The van der Waals surface area contributed by atoms with Crippen LogP contribution in [0, 0.1) is 0 Å². The van der Waals surface area contributed by atoms with E-state index in [2.05, 4.69) is 40.1 Å². The molecule has 0 amide bonds. The van der Waals surface area contributed by atoms with Gasteiger partial charge in [-0.1, -0.05) is 13.0 Å². The molecule has 0 radical (unpaired) electrons. The Kier molecular flexibility index (Phi) is 4.96. The van der Waals surface area contributed by atoms with Crippen LogP contribution in [0.1, 0.15) is 18.9 Å². The third kappa shape index (κ3) is 3.43. The molecule has 18 heavy (non-hydrogen) atoms. The molecule has 0 unspecified atom stereocenters. The van der Waals surface area contributed by atoms with Gasteiger partial charge in [-0.25, -0.2) is 4.98 Å². The van der Waals surface area contributed by atoms with Crippen LogP contribution >= 0.6 is 0 Å². The maximum absolute atomic E-state index is 4.59. The molecule has 1 aromatic heterocycles. The molecule has 1 N–H and O–H groups in total. The number of rotatable bonds is 4. The lowest BCUT2D eigenvalue weighted by atomic mass is 10.2. The molecule has 0 atom stereocenters. The monoisotopic (exact) mass is 248 g/mol. The van der Waals surface area contributed by atoms with E-state index in [0.717, 1.165) is 38.5 Å². The van der Waals surface area contributed by atoms with Crippen LogP contribution in [-0.4, -0.2) is 49.7 Å². The van der Waals surface area contributed by atoms with E-state index < -0.39 is 0 Å². The van der Waals surface area contributed by atoms with Crippen molar-refractivity contribution < 1.29 is 0 Å². The first-order chi connectivity index (χ1) is 8.81. The Morgan fingerprint density at radius 1 is 1.28 bits per heavy atom. The summed E-state index contributed by atoms with van der Waals surface area (Å²) in [6.07, 6.45) is 3.12.